The van der Waals surface area contributed by atoms with E-state index in [4.69, 9.17) is 0 Å². The Kier molecular flexibility index (Phi) is 3.14. The van der Waals surface area contributed by atoms with Crippen LogP contribution in [0.1, 0.15) is 13.3 Å². The van der Waals surface area contributed by atoms with E-state index in [0.29, 0.717) is 17.9 Å². The summed E-state index contributed by atoms with van der Waals surface area (Å²) in [6.45, 7) is 1.83. The summed E-state index contributed by atoms with van der Waals surface area (Å²) in [6, 6.07) is -0.608. The zero-order chi connectivity index (χ0) is 13.3. The number of aromatic nitrogens is 4. The van der Waals surface area contributed by atoms with Crippen molar-refractivity contribution in [2.75, 3.05) is 11.9 Å². The van der Waals surface area contributed by atoms with Gasteiger partial charge in [-0.15, -0.1) is 0 Å². The van der Waals surface area contributed by atoms with Crippen LogP contribution >= 0.6 is 0 Å². The van der Waals surface area contributed by atoms with Gasteiger partial charge in [0.05, 0.1) is 11.6 Å². The van der Waals surface area contributed by atoms with Gasteiger partial charge in [-0.05, 0) is 6.42 Å². The van der Waals surface area contributed by atoms with Crippen molar-refractivity contribution in [1.29, 1.82) is 0 Å². The van der Waals surface area contributed by atoms with Crippen LogP contribution in [-0.2, 0) is 11.8 Å². The third-order valence-corrected chi connectivity index (χ3v) is 2.98. The lowest BCUT2D eigenvalue weighted by molar-refractivity contribution is -0.138. The van der Waals surface area contributed by atoms with Gasteiger partial charge in [0.1, 0.15) is 18.2 Å². The SMILES string of the molecule is CCC(C(=O)O)N(C)c1ncnc2c1cnn2C. The zero-order valence-corrected chi connectivity index (χ0v) is 10.5. The second kappa shape index (κ2) is 4.59. The summed E-state index contributed by atoms with van der Waals surface area (Å²) < 4.78 is 1.63. The predicted octanol–water partition coefficient (Wildman–Crippen LogP) is 0.663. The molecule has 1 N–H and O–H groups in total. The van der Waals surface area contributed by atoms with Gasteiger partial charge in [-0.1, -0.05) is 6.92 Å². The molecular weight excluding hydrogens is 234 g/mol. The van der Waals surface area contributed by atoms with Crippen LogP contribution in [0, 0.1) is 0 Å². The average molecular weight is 249 g/mol. The Morgan fingerprint density at radius 3 is 2.89 bits per heavy atom. The molecule has 18 heavy (non-hydrogen) atoms. The van der Waals surface area contributed by atoms with Gasteiger partial charge in [0.2, 0.25) is 0 Å². The molecule has 7 nitrogen and oxygen atoms in total. The highest BCUT2D eigenvalue weighted by Gasteiger charge is 2.23. The second-order valence-corrected chi connectivity index (χ2v) is 4.08. The van der Waals surface area contributed by atoms with E-state index in [1.807, 2.05) is 6.92 Å². The number of carboxylic acid groups (broad SMARTS) is 1. The monoisotopic (exact) mass is 249 g/mol. The minimum atomic E-state index is -0.865. The van der Waals surface area contributed by atoms with E-state index in [2.05, 4.69) is 15.1 Å². The average Bonchev–Trinajstić information content (AvgIpc) is 2.71. The standard InChI is InChI=1S/C11H15N5O2/c1-4-8(11(17)18)15(2)9-7-5-14-16(3)10(7)13-6-12-9/h5-6,8H,4H2,1-3H3,(H,17,18). The van der Waals surface area contributed by atoms with E-state index in [9.17, 15) is 9.90 Å². The van der Waals surface area contributed by atoms with Crippen LogP contribution in [0.4, 0.5) is 5.82 Å². The Labute approximate surface area is 104 Å². The molecule has 0 saturated heterocycles. The topological polar surface area (TPSA) is 84.1 Å². The molecule has 0 aromatic carbocycles. The zero-order valence-electron chi connectivity index (χ0n) is 10.5. The Morgan fingerprint density at radius 1 is 1.56 bits per heavy atom. The first-order valence-electron chi connectivity index (χ1n) is 5.64. The van der Waals surface area contributed by atoms with Gasteiger partial charge in [0.15, 0.2) is 5.65 Å². The Morgan fingerprint density at radius 2 is 2.28 bits per heavy atom. The fourth-order valence-corrected chi connectivity index (χ4v) is 1.99. The number of hydrogen-bond acceptors (Lipinski definition) is 5. The first kappa shape index (κ1) is 12.3. The number of carboxylic acids is 1. The van der Waals surface area contributed by atoms with Crippen molar-refractivity contribution in [2.24, 2.45) is 7.05 Å². The van der Waals surface area contributed by atoms with Gasteiger partial charge < -0.3 is 10.0 Å². The molecule has 0 aliphatic rings. The quantitative estimate of drug-likeness (QED) is 0.857. The molecule has 2 aromatic heterocycles. The number of rotatable bonds is 4. The fourth-order valence-electron chi connectivity index (χ4n) is 1.99. The maximum absolute atomic E-state index is 11.2. The van der Waals surface area contributed by atoms with Crippen LogP contribution in [0.15, 0.2) is 12.5 Å². The van der Waals surface area contributed by atoms with E-state index < -0.39 is 12.0 Å². The summed E-state index contributed by atoms with van der Waals surface area (Å²) in [7, 11) is 3.50. The molecule has 0 fully saturated rings. The number of likely N-dealkylation sites (N-methyl/N-ethyl adjacent to an activating group) is 1. The van der Waals surface area contributed by atoms with Crippen LogP contribution in [0.5, 0.6) is 0 Å². The van der Waals surface area contributed by atoms with Gasteiger partial charge in [0.25, 0.3) is 0 Å². The van der Waals surface area contributed by atoms with Crippen molar-refractivity contribution < 1.29 is 9.90 Å². The summed E-state index contributed by atoms with van der Waals surface area (Å²) in [5, 5.41) is 14.0. The molecule has 7 heteroatoms. The van der Waals surface area contributed by atoms with Crippen molar-refractivity contribution in [2.45, 2.75) is 19.4 Å². The van der Waals surface area contributed by atoms with Crippen LogP contribution in [0.3, 0.4) is 0 Å². The largest absolute Gasteiger partial charge is 0.480 e. The number of aliphatic carboxylic acids is 1. The van der Waals surface area contributed by atoms with Gasteiger partial charge in [-0.25, -0.2) is 14.8 Å². The summed E-state index contributed by atoms with van der Waals surface area (Å²) in [5.41, 5.74) is 0.687. The van der Waals surface area contributed by atoms with Crippen LogP contribution < -0.4 is 4.90 Å². The summed E-state index contributed by atoms with van der Waals surface area (Å²) in [6.07, 6.45) is 3.57. The van der Waals surface area contributed by atoms with Gasteiger partial charge in [-0.2, -0.15) is 5.10 Å². The fraction of sp³-hybridized carbons (Fsp3) is 0.455. The second-order valence-electron chi connectivity index (χ2n) is 4.08. The number of aryl methyl sites for hydroxylation is 1. The van der Waals surface area contributed by atoms with E-state index in [1.54, 1.807) is 29.9 Å². The molecule has 0 aliphatic carbocycles. The molecule has 96 valence electrons. The van der Waals surface area contributed by atoms with Crippen molar-refractivity contribution in [3.05, 3.63) is 12.5 Å². The number of anilines is 1. The van der Waals surface area contributed by atoms with Crippen molar-refractivity contribution in [3.8, 4) is 0 Å². The van der Waals surface area contributed by atoms with Crippen molar-refractivity contribution >= 4 is 22.8 Å². The molecule has 1 atom stereocenters. The van der Waals surface area contributed by atoms with E-state index >= 15 is 0 Å². The molecule has 0 saturated carbocycles. The molecule has 0 spiro atoms. The molecule has 0 amide bonds. The Hall–Kier alpha value is -2.18. The maximum atomic E-state index is 11.2. The maximum Gasteiger partial charge on any atom is 0.326 e. The highest BCUT2D eigenvalue weighted by molar-refractivity contribution is 5.89. The molecule has 0 aliphatic heterocycles. The molecular formula is C11H15N5O2. The minimum absolute atomic E-state index is 0.498. The predicted molar refractivity (Wildman–Crippen MR) is 66.4 cm³/mol. The first-order valence-corrected chi connectivity index (χ1v) is 5.64. The lowest BCUT2D eigenvalue weighted by Gasteiger charge is -2.24. The van der Waals surface area contributed by atoms with Gasteiger partial charge in [-0.3, -0.25) is 4.68 Å². The molecule has 2 rings (SSSR count). The summed E-state index contributed by atoms with van der Waals surface area (Å²) in [4.78, 5) is 21.1. The summed E-state index contributed by atoms with van der Waals surface area (Å²) >= 11 is 0. The molecule has 2 aromatic rings. The highest BCUT2D eigenvalue weighted by atomic mass is 16.4. The van der Waals surface area contributed by atoms with Crippen LogP contribution in [-0.4, -0.2) is 43.9 Å². The Bertz CT molecular complexity index is 580. The van der Waals surface area contributed by atoms with Crippen LogP contribution in [0.25, 0.3) is 11.0 Å². The van der Waals surface area contributed by atoms with E-state index in [1.165, 1.54) is 6.33 Å². The van der Waals surface area contributed by atoms with Crippen LogP contribution in [0.2, 0.25) is 0 Å². The number of nitrogens with zero attached hydrogens (tertiary/aromatic N) is 5. The van der Waals surface area contributed by atoms with Gasteiger partial charge >= 0.3 is 5.97 Å². The minimum Gasteiger partial charge on any atom is -0.480 e. The molecule has 0 radical (unpaired) electrons. The molecule has 0 bridgehead atoms. The third kappa shape index (κ3) is 1.87. The first-order chi connectivity index (χ1) is 8.56. The smallest absolute Gasteiger partial charge is 0.326 e. The van der Waals surface area contributed by atoms with Crippen molar-refractivity contribution in [3.63, 3.8) is 0 Å². The number of carbonyl (C=O) groups is 1. The van der Waals surface area contributed by atoms with E-state index in [0.717, 1.165) is 5.39 Å². The van der Waals surface area contributed by atoms with Gasteiger partial charge in [0, 0.05) is 14.1 Å². The Balaban J connectivity index is 2.50. The normalized spacial score (nSPS) is 12.6. The highest BCUT2D eigenvalue weighted by Crippen LogP contribution is 2.23. The summed E-state index contributed by atoms with van der Waals surface area (Å²) in [5.74, 6) is -0.280. The third-order valence-electron chi connectivity index (χ3n) is 2.98. The van der Waals surface area contributed by atoms with Crippen molar-refractivity contribution in [1.82, 2.24) is 19.7 Å². The molecule has 1 unspecified atom stereocenters. The number of hydrogen-bond donors (Lipinski definition) is 1. The lowest BCUT2D eigenvalue weighted by Crippen LogP contribution is -2.38. The lowest BCUT2D eigenvalue weighted by atomic mass is 10.2. The van der Waals surface area contributed by atoms with E-state index in [-0.39, 0.29) is 0 Å². The number of fused-ring (bicyclic) bond motifs is 1. The molecule has 2 heterocycles.